The second-order valence-electron chi connectivity index (χ2n) is 4.08. The number of nitrogens with one attached hydrogen (secondary N) is 1. The summed E-state index contributed by atoms with van der Waals surface area (Å²) in [5.74, 6) is 0.805. The fraction of sp³-hybridized carbons (Fsp3) is 0.286. The lowest BCUT2D eigenvalue weighted by atomic mass is 10.3. The lowest BCUT2D eigenvalue weighted by Gasteiger charge is -2.10. The zero-order valence-electron chi connectivity index (χ0n) is 11.2. The van der Waals surface area contributed by atoms with Crippen molar-refractivity contribution in [3.8, 4) is 5.75 Å². The predicted octanol–water partition coefficient (Wildman–Crippen LogP) is 2.41. The number of benzene rings is 1. The molecule has 0 fully saturated rings. The molecule has 0 amide bonds. The second-order valence-corrected chi connectivity index (χ2v) is 4.46. The van der Waals surface area contributed by atoms with E-state index in [1.807, 2.05) is 37.3 Å². The summed E-state index contributed by atoms with van der Waals surface area (Å²) in [6.07, 6.45) is 1.55. The summed E-state index contributed by atoms with van der Waals surface area (Å²) in [4.78, 5) is 11.8. The molecule has 0 unspecified atom stereocenters. The van der Waals surface area contributed by atoms with Gasteiger partial charge in [0.2, 0.25) is 0 Å². The molecule has 0 spiro atoms. The minimum Gasteiger partial charge on any atom is -0.492 e. The maximum absolute atomic E-state index is 11.8. The van der Waals surface area contributed by atoms with E-state index in [4.69, 9.17) is 16.3 Å². The van der Waals surface area contributed by atoms with Crippen molar-refractivity contribution in [3.63, 3.8) is 0 Å². The minimum absolute atomic E-state index is 0.154. The van der Waals surface area contributed by atoms with Gasteiger partial charge in [-0.1, -0.05) is 29.8 Å². The average molecular weight is 294 g/mol. The van der Waals surface area contributed by atoms with E-state index in [1.54, 1.807) is 6.20 Å². The van der Waals surface area contributed by atoms with Crippen molar-refractivity contribution in [2.45, 2.75) is 13.5 Å². The zero-order valence-corrected chi connectivity index (χ0v) is 11.9. The Kier molecular flexibility index (Phi) is 5.01. The van der Waals surface area contributed by atoms with Crippen LogP contribution in [0.15, 0.2) is 41.3 Å². The highest BCUT2D eigenvalue weighted by Crippen LogP contribution is 2.15. The van der Waals surface area contributed by atoms with Gasteiger partial charge in [-0.3, -0.25) is 4.79 Å². The van der Waals surface area contributed by atoms with E-state index in [0.29, 0.717) is 25.4 Å². The van der Waals surface area contributed by atoms with Crippen LogP contribution in [0, 0.1) is 0 Å². The first kappa shape index (κ1) is 14.4. The van der Waals surface area contributed by atoms with Crippen LogP contribution < -0.4 is 15.6 Å². The topological polar surface area (TPSA) is 56.1 Å². The van der Waals surface area contributed by atoms with E-state index in [2.05, 4.69) is 10.4 Å². The molecule has 1 aromatic heterocycles. The Labute approximate surface area is 122 Å². The Morgan fingerprint density at radius 2 is 2.10 bits per heavy atom. The molecule has 1 aromatic carbocycles. The number of halogens is 1. The van der Waals surface area contributed by atoms with E-state index < -0.39 is 0 Å². The standard InChI is InChI=1S/C14H16ClN3O2/c1-2-18-14(19)13(15)12(10-17-18)16-8-9-20-11-6-4-3-5-7-11/h3-7,10,16H,2,8-9H2,1H3. The van der Waals surface area contributed by atoms with E-state index in [1.165, 1.54) is 4.68 Å². The number of aryl methyl sites for hydroxylation is 1. The second kappa shape index (κ2) is 6.96. The van der Waals surface area contributed by atoms with Gasteiger partial charge in [0.1, 0.15) is 17.4 Å². The molecule has 0 bridgehead atoms. The highest BCUT2D eigenvalue weighted by atomic mass is 35.5. The number of nitrogens with zero attached hydrogens (tertiary/aromatic N) is 2. The monoisotopic (exact) mass is 293 g/mol. The molecular weight excluding hydrogens is 278 g/mol. The predicted molar refractivity (Wildman–Crippen MR) is 79.6 cm³/mol. The van der Waals surface area contributed by atoms with Crippen molar-refractivity contribution >= 4 is 17.3 Å². The Bertz CT molecular complexity index is 614. The lowest BCUT2D eigenvalue weighted by Crippen LogP contribution is -2.24. The normalized spacial score (nSPS) is 10.3. The zero-order chi connectivity index (χ0) is 14.4. The van der Waals surface area contributed by atoms with Gasteiger partial charge in [-0.15, -0.1) is 0 Å². The first-order chi connectivity index (χ1) is 9.72. The van der Waals surface area contributed by atoms with E-state index in [9.17, 15) is 4.79 Å². The highest BCUT2D eigenvalue weighted by molar-refractivity contribution is 6.32. The number of rotatable bonds is 6. The van der Waals surface area contributed by atoms with E-state index in [-0.39, 0.29) is 10.6 Å². The van der Waals surface area contributed by atoms with Gasteiger partial charge in [-0.05, 0) is 19.1 Å². The molecule has 20 heavy (non-hydrogen) atoms. The summed E-state index contributed by atoms with van der Waals surface area (Å²) in [7, 11) is 0. The summed E-state index contributed by atoms with van der Waals surface area (Å²) in [6, 6.07) is 9.52. The molecule has 0 aliphatic carbocycles. The SMILES string of the molecule is CCn1ncc(NCCOc2ccccc2)c(Cl)c1=O. The van der Waals surface area contributed by atoms with Crippen LogP contribution in [0.2, 0.25) is 5.02 Å². The number of hydrogen-bond donors (Lipinski definition) is 1. The van der Waals surface area contributed by atoms with Gasteiger partial charge in [-0.25, -0.2) is 4.68 Å². The fourth-order valence-electron chi connectivity index (χ4n) is 1.68. The summed E-state index contributed by atoms with van der Waals surface area (Å²) < 4.78 is 6.85. The van der Waals surface area contributed by atoms with Crippen LogP contribution in [0.25, 0.3) is 0 Å². The largest absolute Gasteiger partial charge is 0.492 e. The van der Waals surface area contributed by atoms with Gasteiger partial charge in [0.25, 0.3) is 5.56 Å². The summed E-state index contributed by atoms with van der Waals surface area (Å²) in [6.45, 7) is 3.34. The molecule has 2 aromatic rings. The molecule has 0 aliphatic heterocycles. The molecule has 0 saturated carbocycles. The molecule has 0 atom stereocenters. The Balaban J connectivity index is 1.89. The van der Waals surface area contributed by atoms with Crippen LogP contribution in [0.3, 0.4) is 0 Å². The third-order valence-corrected chi connectivity index (χ3v) is 3.08. The molecule has 5 nitrogen and oxygen atoms in total. The Morgan fingerprint density at radius 1 is 1.35 bits per heavy atom. The van der Waals surface area contributed by atoms with Gasteiger partial charge in [-0.2, -0.15) is 5.10 Å². The first-order valence-electron chi connectivity index (χ1n) is 6.39. The maximum atomic E-state index is 11.8. The molecule has 2 rings (SSSR count). The van der Waals surface area contributed by atoms with Crippen molar-refractivity contribution in [2.75, 3.05) is 18.5 Å². The summed E-state index contributed by atoms with van der Waals surface area (Å²) in [5, 5.41) is 7.21. The fourth-order valence-corrected chi connectivity index (χ4v) is 1.90. The quantitative estimate of drug-likeness (QED) is 0.831. The third-order valence-electron chi connectivity index (χ3n) is 2.71. The van der Waals surface area contributed by atoms with E-state index in [0.717, 1.165) is 5.75 Å². The molecule has 106 valence electrons. The molecular formula is C14H16ClN3O2. The van der Waals surface area contributed by atoms with Crippen molar-refractivity contribution in [3.05, 3.63) is 51.9 Å². The van der Waals surface area contributed by atoms with Crippen LogP contribution in [-0.2, 0) is 6.54 Å². The number of anilines is 1. The van der Waals surface area contributed by atoms with Crippen molar-refractivity contribution in [1.82, 2.24) is 9.78 Å². The van der Waals surface area contributed by atoms with Gasteiger partial charge in [0.15, 0.2) is 0 Å². The van der Waals surface area contributed by atoms with Gasteiger partial charge >= 0.3 is 0 Å². The van der Waals surface area contributed by atoms with Gasteiger partial charge < -0.3 is 10.1 Å². The third kappa shape index (κ3) is 3.51. The molecule has 0 aliphatic rings. The minimum atomic E-state index is -0.289. The number of ether oxygens (including phenoxy) is 1. The lowest BCUT2D eigenvalue weighted by molar-refractivity contribution is 0.333. The summed E-state index contributed by atoms with van der Waals surface area (Å²) >= 11 is 6.00. The van der Waals surface area contributed by atoms with Crippen LogP contribution in [0.5, 0.6) is 5.75 Å². The first-order valence-corrected chi connectivity index (χ1v) is 6.77. The summed E-state index contributed by atoms with van der Waals surface area (Å²) in [5.41, 5.74) is 0.237. The van der Waals surface area contributed by atoms with Crippen molar-refractivity contribution < 1.29 is 4.74 Å². The van der Waals surface area contributed by atoms with Crippen molar-refractivity contribution in [2.24, 2.45) is 0 Å². The highest BCUT2D eigenvalue weighted by Gasteiger charge is 2.07. The number of hydrogen-bond acceptors (Lipinski definition) is 4. The van der Waals surface area contributed by atoms with Gasteiger partial charge in [0.05, 0.1) is 11.9 Å². The van der Waals surface area contributed by atoms with Gasteiger partial charge in [0, 0.05) is 13.1 Å². The molecule has 0 radical (unpaired) electrons. The number of aromatic nitrogens is 2. The smallest absolute Gasteiger partial charge is 0.287 e. The molecule has 6 heteroatoms. The van der Waals surface area contributed by atoms with Crippen LogP contribution >= 0.6 is 11.6 Å². The molecule has 1 N–H and O–H groups in total. The average Bonchev–Trinajstić information content (AvgIpc) is 2.49. The van der Waals surface area contributed by atoms with Crippen LogP contribution in [0.1, 0.15) is 6.92 Å². The Morgan fingerprint density at radius 3 is 2.80 bits per heavy atom. The number of para-hydroxylation sites is 1. The Hall–Kier alpha value is -2.01. The molecule has 1 heterocycles. The molecule has 0 saturated heterocycles. The van der Waals surface area contributed by atoms with Crippen LogP contribution in [-0.4, -0.2) is 22.9 Å². The maximum Gasteiger partial charge on any atom is 0.287 e. The van der Waals surface area contributed by atoms with Crippen LogP contribution in [0.4, 0.5) is 5.69 Å². The van der Waals surface area contributed by atoms with E-state index >= 15 is 0 Å². The van der Waals surface area contributed by atoms with Crippen molar-refractivity contribution in [1.29, 1.82) is 0 Å².